The van der Waals surface area contributed by atoms with Crippen LogP contribution in [0.4, 0.5) is 4.39 Å². The van der Waals surface area contributed by atoms with Crippen molar-refractivity contribution < 1.29 is 14.0 Å². The van der Waals surface area contributed by atoms with Crippen LogP contribution >= 0.6 is 0 Å². The number of nitrogens with one attached hydrogen (secondary N) is 2. The van der Waals surface area contributed by atoms with E-state index in [0.29, 0.717) is 11.1 Å². The quantitative estimate of drug-likeness (QED) is 0.870. The summed E-state index contributed by atoms with van der Waals surface area (Å²) in [6.45, 7) is 0.0677. The molecule has 0 saturated heterocycles. The normalized spacial score (nSPS) is 9.95. The first-order valence-corrected chi connectivity index (χ1v) is 6.34. The van der Waals surface area contributed by atoms with Gasteiger partial charge in [-0.3, -0.25) is 14.6 Å². The Morgan fingerprint density at radius 1 is 1.10 bits per heavy atom. The molecule has 21 heavy (non-hydrogen) atoms. The van der Waals surface area contributed by atoms with Crippen LogP contribution in [-0.4, -0.2) is 23.3 Å². The van der Waals surface area contributed by atoms with Crippen molar-refractivity contribution in [3.8, 4) is 0 Å². The zero-order chi connectivity index (χ0) is 15.1. The lowest BCUT2D eigenvalue weighted by molar-refractivity contribution is -0.120. The molecule has 0 aliphatic carbocycles. The highest BCUT2D eigenvalue weighted by Gasteiger charge is 2.07. The van der Waals surface area contributed by atoms with E-state index in [1.54, 1.807) is 24.3 Å². The van der Waals surface area contributed by atoms with Gasteiger partial charge in [0.05, 0.1) is 6.54 Å². The van der Waals surface area contributed by atoms with Crippen molar-refractivity contribution in [2.75, 3.05) is 6.54 Å². The number of carbonyl (C=O) groups is 2. The molecule has 6 heteroatoms. The Morgan fingerprint density at radius 2 is 1.86 bits per heavy atom. The van der Waals surface area contributed by atoms with Gasteiger partial charge in [-0.2, -0.15) is 0 Å². The van der Waals surface area contributed by atoms with Crippen molar-refractivity contribution in [2.45, 2.75) is 6.54 Å². The summed E-state index contributed by atoms with van der Waals surface area (Å²) in [5, 5.41) is 5.09. The van der Waals surface area contributed by atoms with Crippen LogP contribution in [0.25, 0.3) is 0 Å². The number of hydrogen-bond acceptors (Lipinski definition) is 3. The van der Waals surface area contributed by atoms with E-state index >= 15 is 0 Å². The molecule has 0 fully saturated rings. The highest BCUT2D eigenvalue weighted by atomic mass is 19.1. The van der Waals surface area contributed by atoms with Gasteiger partial charge in [0.2, 0.25) is 5.91 Å². The van der Waals surface area contributed by atoms with Crippen LogP contribution in [0.15, 0.2) is 48.8 Å². The summed E-state index contributed by atoms with van der Waals surface area (Å²) in [7, 11) is 0. The Morgan fingerprint density at radius 3 is 2.57 bits per heavy atom. The molecule has 0 atom stereocenters. The third-order valence-electron chi connectivity index (χ3n) is 2.73. The standard InChI is InChI=1S/C15H14FN3O2/c16-13-3-1-2-11(8-13)9-18-14(20)10-19-15(21)12-4-6-17-7-5-12/h1-8H,9-10H2,(H,18,20)(H,19,21). The van der Waals surface area contributed by atoms with E-state index in [9.17, 15) is 14.0 Å². The summed E-state index contributed by atoms with van der Waals surface area (Å²) >= 11 is 0. The van der Waals surface area contributed by atoms with Crippen molar-refractivity contribution in [3.05, 3.63) is 65.7 Å². The molecule has 2 rings (SSSR count). The minimum Gasteiger partial charge on any atom is -0.350 e. The van der Waals surface area contributed by atoms with Gasteiger partial charge in [0.1, 0.15) is 5.82 Å². The van der Waals surface area contributed by atoms with Gasteiger partial charge in [0.25, 0.3) is 5.91 Å². The predicted octanol–water partition coefficient (Wildman–Crippen LogP) is 1.27. The van der Waals surface area contributed by atoms with Crippen LogP contribution in [0.2, 0.25) is 0 Å². The van der Waals surface area contributed by atoms with Crippen LogP contribution < -0.4 is 10.6 Å². The summed E-state index contributed by atoms with van der Waals surface area (Å²) in [6, 6.07) is 9.07. The Hall–Kier alpha value is -2.76. The fourth-order valence-corrected chi connectivity index (χ4v) is 1.68. The van der Waals surface area contributed by atoms with Crippen molar-refractivity contribution in [1.82, 2.24) is 15.6 Å². The molecule has 0 bridgehead atoms. The number of halogens is 1. The van der Waals surface area contributed by atoms with Gasteiger partial charge in [-0.1, -0.05) is 12.1 Å². The van der Waals surface area contributed by atoms with E-state index in [2.05, 4.69) is 15.6 Å². The SMILES string of the molecule is O=C(CNC(=O)c1ccncc1)NCc1cccc(F)c1. The van der Waals surface area contributed by atoms with Crippen LogP contribution in [0.5, 0.6) is 0 Å². The molecule has 2 aromatic rings. The molecule has 108 valence electrons. The first-order chi connectivity index (χ1) is 10.1. The highest BCUT2D eigenvalue weighted by molar-refractivity contribution is 5.96. The fourth-order valence-electron chi connectivity index (χ4n) is 1.68. The number of pyridine rings is 1. The van der Waals surface area contributed by atoms with E-state index in [0.717, 1.165) is 0 Å². The number of hydrogen-bond donors (Lipinski definition) is 2. The summed E-state index contributed by atoms with van der Waals surface area (Å²) in [4.78, 5) is 27.1. The van der Waals surface area contributed by atoms with Gasteiger partial charge in [-0.15, -0.1) is 0 Å². The Kier molecular flexibility index (Phi) is 4.98. The second-order valence-corrected chi connectivity index (χ2v) is 4.33. The number of aromatic nitrogens is 1. The molecule has 1 aromatic heterocycles. The molecule has 0 unspecified atom stereocenters. The molecular weight excluding hydrogens is 273 g/mol. The number of carbonyl (C=O) groups excluding carboxylic acids is 2. The molecule has 2 amide bonds. The van der Waals surface area contributed by atoms with Gasteiger partial charge in [-0.05, 0) is 29.8 Å². The smallest absolute Gasteiger partial charge is 0.251 e. The van der Waals surface area contributed by atoms with Gasteiger partial charge in [0.15, 0.2) is 0 Å². The molecule has 1 aromatic carbocycles. The average molecular weight is 287 g/mol. The first kappa shape index (κ1) is 14.6. The zero-order valence-electron chi connectivity index (χ0n) is 11.2. The van der Waals surface area contributed by atoms with Crippen molar-refractivity contribution in [2.24, 2.45) is 0 Å². The molecule has 0 spiro atoms. The third kappa shape index (κ3) is 4.68. The molecule has 5 nitrogen and oxygen atoms in total. The summed E-state index contributed by atoms with van der Waals surface area (Å²) < 4.78 is 13.0. The number of amides is 2. The lowest BCUT2D eigenvalue weighted by Crippen LogP contribution is -2.36. The minimum atomic E-state index is -0.354. The van der Waals surface area contributed by atoms with Gasteiger partial charge in [-0.25, -0.2) is 4.39 Å². The molecule has 1 heterocycles. The van der Waals surface area contributed by atoms with Gasteiger partial charge >= 0.3 is 0 Å². The number of benzene rings is 1. The Bertz CT molecular complexity index is 632. The largest absolute Gasteiger partial charge is 0.350 e. The maximum Gasteiger partial charge on any atom is 0.251 e. The van der Waals surface area contributed by atoms with Gasteiger partial charge < -0.3 is 10.6 Å². The highest BCUT2D eigenvalue weighted by Crippen LogP contribution is 2.02. The molecule has 0 radical (unpaired) electrons. The van der Waals surface area contributed by atoms with Crippen LogP contribution in [0, 0.1) is 5.82 Å². The maximum atomic E-state index is 13.0. The van der Waals surface area contributed by atoms with Crippen molar-refractivity contribution in [1.29, 1.82) is 0 Å². The van der Waals surface area contributed by atoms with E-state index in [1.165, 1.54) is 24.5 Å². The number of nitrogens with zero attached hydrogens (tertiary/aromatic N) is 1. The molecule has 0 aliphatic rings. The Balaban J connectivity index is 1.76. The van der Waals surface area contributed by atoms with Gasteiger partial charge in [0, 0.05) is 24.5 Å². The third-order valence-corrected chi connectivity index (χ3v) is 2.73. The second-order valence-electron chi connectivity index (χ2n) is 4.33. The van der Waals surface area contributed by atoms with Crippen LogP contribution in [0.1, 0.15) is 15.9 Å². The summed E-state index contributed by atoms with van der Waals surface area (Å²) in [5.74, 6) is -1.05. The monoisotopic (exact) mass is 287 g/mol. The van der Waals surface area contributed by atoms with E-state index in [1.807, 2.05) is 0 Å². The molecular formula is C15H14FN3O2. The lowest BCUT2D eigenvalue weighted by atomic mass is 10.2. The first-order valence-electron chi connectivity index (χ1n) is 6.34. The van der Waals surface area contributed by atoms with Crippen molar-refractivity contribution >= 4 is 11.8 Å². The molecule has 0 saturated carbocycles. The minimum absolute atomic E-state index is 0.142. The van der Waals surface area contributed by atoms with E-state index in [-0.39, 0.29) is 30.7 Å². The molecule has 2 N–H and O–H groups in total. The number of rotatable bonds is 5. The van der Waals surface area contributed by atoms with E-state index < -0.39 is 0 Å². The van der Waals surface area contributed by atoms with Crippen molar-refractivity contribution in [3.63, 3.8) is 0 Å². The summed E-state index contributed by atoms with van der Waals surface area (Å²) in [5.41, 5.74) is 1.09. The average Bonchev–Trinajstić information content (AvgIpc) is 2.51. The van der Waals surface area contributed by atoms with Crippen LogP contribution in [0.3, 0.4) is 0 Å². The topological polar surface area (TPSA) is 71.1 Å². The Labute approximate surface area is 121 Å². The lowest BCUT2D eigenvalue weighted by Gasteiger charge is -2.07. The maximum absolute atomic E-state index is 13.0. The second kappa shape index (κ2) is 7.14. The fraction of sp³-hybridized carbons (Fsp3) is 0.133. The molecule has 0 aliphatic heterocycles. The van der Waals surface area contributed by atoms with E-state index in [4.69, 9.17) is 0 Å². The van der Waals surface area contributed by atoms with Crippen LogP contribution in [-0.2, 0) is 11.3 Å². The predicted molar refractivity (Wildman–Crippen MR) is 74.8 cm³/mol. The summed E-state index contributed by atoms with van der Waals surface area (Å²) in [6.07, 6.45) is 3.00. The zero-order valence-corrected chi connectivity index (χ0v) is 11.2.